The summed E-state index contributed by atoms with van der Waals surface area (Å²) < 4.78 is 0. The summed E-state index contributed by atoms with van der Waals surface area (Å²) in [6.45, 7) is 14.7. The maximum absolute atomic E-state index is 11.2. The zero-order valence-electron chi connectivity index (χ0n) is 12.8. The van der Waals surface area contributed by atoms with Crippen molar-refractivity contribution in [3.05, 3.63) is 0 Å². The summed E-state index contributed by atoms with van der Waals surface area (Å²) in [6, 6.07) is 0.559. The van der Waals surface area contributed by atoms with Gasteiger partial charge in [-0.1, -0.05) is 34.6 Å². The first-order valence-corrected chi connectivity index (χ1v) is 7.33. The van der Waals surface area contributed by atoms with Crippen LogP contribution in [0.2, 0.25) is 0 Å². The highest BCUT2D eigenvalue weighted by atomic mass is 32.1. The Balaban J connectivity index is 0. The second-order valence-corrected chi connectivity index (χ2v) is 4.00. The van der Waals surface area contributed by atoms with E-state index in [9.17, 15) is 4.79 Å². The molecule has 0 aromatic rings. The summed E-state index contributed by atoms with van der Waals surface area (Å²) in [4.78, 5) is 15.7. The van der Waals surface area contributed by atoms with E-state index in [1.165, 1.54) is 25.9 Å². The Bertz CT molecular complexity index is 204. The molecule has 2 fully saturated rings. The minimum Gasteiger partial charge on any atom is -0.339 e. The van der Waals surface area contributed by atoms with E-state index in [0.717, 1.165) is 19.5 Å². The maximum Gasteiger partial charge on any atom is 0.224 e. The number of likely N-dealkylation sites (tertiary alicyclic amines) is 2. The number of carbonyl (C=O) groups is 1. The van der Waals surface area contributed by atoms with Gasteiger partial charge in [0.1, 0.15) is 0 Å². The largest absolute Gasteiger partial charge is 0.339 e. The summed E-state index contributed by atoms with van der Waals surface area (Å²) in [5.41, 5.74) is 0. The van der Waals surface area contributed by atoms with Crippen LogP contribution >= 0.6 is 13.5 Å². The van der Waals surface area contributed by atoms with E-state index in [2.05, 4.69) is 16.7 Å². The van der Waals surface area contributed by atoms with Crippen LogP contribution in [0.1, 0.15) is 53.9 Å². The third kappa shape index (κ3) is 5.61. The van der Waals surface area contributed by atoms with Gasteiger partial charge in [0.2, 0.25) is 5.91 Å². The summed E-state index contributed by atoms with van der Waals surface area (Å²) in [5.74, 6) is 0.370. The van der Waals surface area contributed by atoms with Gasteiger partial charge >= 0.3 is 0 Å². The first-order valence-electron chi connectivity index (χ1n) is 7.33. The molecule has 0 radical (unpaired) electrons. The summed E-state index contributed by atoms with van der Waals surface area (Å²) in [7, 11) is 0. The molecule has 110 valence electrons. The van der Waals surface area contributed by atoms with Crippen molar-refractivity contribution in [2.24, 2.45) is 0 Å². The zero-order valence-corrected chi connectivity index (χ0v) is 13.8. The Morgan fingerprint density at radius 2 is 1.56 bits per heavy atom. The first kappa shape index (κ1) is 20.1. The van der Waals surface area contributed by atoms with Crippen LogP contribution in [0, 0.1) is 0 Å². The molecule has 0 aromatic heterocycles. The number of hydrogen-bond acceptors (Lipinski definition) is 2. The van der Waals surface area contributed by atoms with Crippen LogP contribution in [-0.4, -0.2) is 47.9 Å². The lowest BCUT2D eigenvalue weighted by atomic mass is 9.99. The van der Waals surface area contributed by atoms with Gasteiger partial charge in [0, 0.05) is 32.1 Å². The maximum atomic E-state index is 11.2. The molecule has 0 N–H and O–H groups in total. The van der Waals surface area contributed by atoms with Gasteiger partial charge in [0.05, 0.1) is 0 Å². The van der Waals surface area contributed by atoms with Crippen LogP contribution in [0.15, 0.2) is 0 Å². The fraction of sp³-hybridized carbons (Fsp3) is 0.929. The number of rotatable bonds is 2. The van der Waals surface area contributed by atoms with Crippen molar-refractivity contribution in [1.29, 1.82) is 0 Å². The molecule has 0 bridgehead atoms. The van der Waals surface area contributed by atoms with Crippen molar-refractivity contribution >= 4 is 19.4 Å². The van der Waals surface area contributed by atoms with E-state index >= 15 is 0 Å². The molecule has 3 nitrogen and oxygen atoms in total. The molecule has 2 aliphatic rings. The molecule has 1 amide bonds. The third-order valence-electron chi connectivity index (χ3n) is 3.33. The van der Waals surface area contributed by atoms with Gasteiger partial charge in [-0.15, -0.1) is 0 Å². The average molecular weight is 276 g/mol. The van der Waals surface area contributed by atoms with Gasteiger partial charge in [0.15, 0.2) is 0 Å². The fourth-order valence-corrected chi connectivity index (χ4v) is 2.27. The fourth-order valence-electron chi connectivity index (χ4n) is 2.27. The highest BCUT2D eigenvalue weighted by molar-refractivity contribution is 7.59. The average Bonchev–Trinajstić information content (AvgIpc) is 2.42. The molecule has 2 aliphatic heterocycles. The Morgan fingerprint density at radius 3 is 1.83 bits per heavy atom. The molecule has 0 atom stereocenters. The van der Waals surface area contributed by atoms with Crippen LogP contribution < -0.4 is 0 Å². The Hall–Kier alpha value is -0.220. The van der Waals surface area contributed by atoms with Gasteiger partial charge in [-0.05, 0) is 19.4 Å². The molecule has 2 heterocycles. The molecule has 18 heavy (non-hydrogen) atoms. The smallest absolute Gasteiger partial charge is 0.224 e. The molecule has 2 saturated heterocycles. The SMILES string of the molecule is CC.CC.CCN1CCC(N2CCC2=O)CC1.S. The van der Waals surface area contributed by atoms with E-state index in [1.54, 1.807) is 0 Å². The van der Waals surface area contributed by atoms with Crippen LogP contribution in [-0.2, 0) is 4.79 Å². The van der Waals surface area contributed by atoms with E-state index in [0.29, 0.717) is 11.9 Å². The molecule has 0 spiro atoms. The quantitative estimate of drug-likeness (QED) is 0.724. The van der Waals surface area contributed by atoms with Crippen molar-refractivity contribution in [1.82, 2.24) is 9.80 Å². The zero-order chi connectivity index (χ0) is 13.3. The molecule has 0 saturated carbocycles. The molecule has 2 rings (SSSR count). The van der Waals surface area contributed by atoms with Crippen LogP contribution in [0.4, 0.5) is 0 Å². The summed E-state index contributed by atoms with van der Waals surface area (Å²) >= 11 is 0. The molecule has 0 aromatic carbocycles. The Morgan fingerprint density at radius 1 is 1.06 bits per heavy atom. The third-order valence-corrected chi connectivity index (χ3v) is 3.33. The highest BCUT2D eigenvalue weighted by Crippen LogP contribution is 2.21. The van der Waals surface area contributed by atoms with E-state index in [4.69, 9.17) is 0 Å². The summed E-state index contributed by atoms with van der Waals surface area (Å²) in [6.07, 6.45) is 3.15. The van der Waals surface area contributed by atoms with E-state index in [-0.39, 0.29) is 13.5 Å². The minimum absolute atomic E-state index is 0. The number of piperidine rings is 1. The number of hydrogen-bond donors (Lipinski definition) is 0. The lowest BCUT2D eigenvalue weighted by Gasteiger charge is -2.42. The lowest BCUT2D eigenvalue weighted by Crippen LogP contribution is -2.53. The number of β-lactam (4-membered cyclic amide) rings is 1. The highest BCUT2D eigenvalue weighted by Gasteiger charge is 2.32. The summed E-state index contributed by atoms with van der Waals surface area (Å²) in [5, 5.41) is 0. The van der Waals surface area contributed by atoms with Crippen LogP contribution in [0.5, 0.6) is 0 Å². The van der Waals surface area contributed by atoms with Gasteiger partial charge in [-0.25, -0.2) is 0 Å². The number of nitrogens with zero attached hydrogens (tertiary/aromatic N) is 2. The normalized spacial score (nSPS) is 19.6. The molecule has 0 unspecified atom stereocenters. The van der Waals surface area contributed by atoms with Crippen LogP contribution in [0.3, 0.4) is 0 Å². The topological polar surface area (TPSA) is 23.6 Å². The van der Waals surface area contributed by atoms with E-state index < -0.39 is 0 Å². The first-order chi connectivity index (χ1) is 8.31. The lowest BCUT2D eigenvalue weighted by molar-refractivity contribution is -0.144. The van der Waals surface area contributed by atoms with Gasteiger partial charge in [-0.3, -0.25) is 4.79 Å². The van der Waals surface area contributed by atoms with Crippen molar-refractivity contribution in [2.75, 3.05) is 26.2 Å². The molecular formula is C14H32N2OS. The predicted molar refractivity (Wildman–Crippen MR) is 84.5 cm³/mol. The Labute approximate surface area is 120 Å². The molecule has 4 heteroatoms. The van der Waals surface area contributed by atoms with Crippen molar-refractivity contribution < 1.29 is 4.79 Å². The van der Waals surface area contributed by atoms with Crippen molar-refractivity contribution in [2.45, 2.75) is 59.9 Å². The standard InChI is InChI=1S/C10H18N2O.2C2H6.H2S/c1-2-11-6-3-9(4-7-11)12-8-5-10(12)13;2*1-2;/h9H,2-8H2,1H3;2*1-2H3;1H2. The predicted octanol–water partition coefficient (Wildman–Crippen LogP) is 2.87. The number of carbonyl (C=O) groups excluding carboxylic acids is 1. The monoisotopic (exact) mass is 276 g/mol. The van der Waals surface area contributed by atoms with Gasteiger partial charge in [0.25, 0.3) is 0 Å². The molecular weight excluding hydrogens is 244 g/mol. The van der Waals surface area contributed by atoms with Gasteiger partial charge < -0.3 is 9.80 Å². The second kappa shape index (κ2) is 11.8. The molecule has 0 aliphatic carbocycles. The van der Waals surface area contributed by atoms with Crippen LogP contribution in [0.25, 0.3) is 0 Å². The van der Waals surface area contributed by atoms with E-state index in [1.807, 2.05) is 27.7 Å². The Kier molecular flexibility index (Phi) is 13.2. The van der Waals surface area contributed by atoms with Crippen molar-refractivity contribution in [3.63, 3.8) is 0 Å². The van der Waals surface area contributed by atoms with Crippen molar-refractivity contribution in [3.8, 4) is 0 Å². The number of amides is 1. The minimum atomic E-state index is 0. The van der Waals surface area contributed by atoms with Gasteiger partial charge in [-0.2, -0.15) is 13.5 Å². The second-order valence-electron chi connectivity index (χ2n) is 4.00.